The SMILES string of the molecule is Cc1ccc(C(NC(=O)NCC(CO)c2cccnc2)C2CC2)cc1. The first-order chi connectivity index (χ1) is 12.2. The molecule has 2 aromatic rings. The van der Waals surface area contributed by atoms with Crippen molar-refractivity contribution in [2.24, 2.45) is 5.92 Å². The number of aryl methyl sites for hydroxylation is 1. The first kappa shape index (κ1) is 17.4. The number of carbonyl (C=O) groups is 1. The van der Waals surface area contributed by atoms with Crippen molar-refractivity contribution < 1.29 is 9.90 Å². The minimum atomic E-state index is -0.195. The van der Waals surface area contributed by atoms with Crippen LogP contribution in [0.4, 0.5) is 4.79 Å². The van der Waals surface area contributed by atoms with Gasteiger partial charge in [-0.3, -0.25) is 4.98 Å². The Kier molecular flexibility index (Phi) is 5.66. The number of aliphatic hydroxyl groups is 1. The molecule has 5 nitrogen and oxygen atoms in total. The van der Waals surface area contributed by atoms with Gasteiger partial charge in [-0.25, -0.2) is 4.79 Å². The number of urea groups is 1. The summed E-state index contributed by atoms with van der Waals surface area (Å²) in [6, 6.07) is 11.9. The number of rotatable bonds is 7. The number of hydrogen-bond donors (Lipinski definition) is 3. The molecule has 2 unspecified atom stereocenters. The number of aromatic nitrogens is 1. The molecule has 0 aliphatic heterocycles. The average molecular weight is 339 g/mol. The number of benzene rings is 1. The summed E-state index contributed by atoms with van der Waals surface area (Å²) in [4.78, 5) is 16.4. The Morgan fingerprint density at radius 2 is 2.00 bits per heavy atom. The molecular weight excluding hydrogens is 314 g/mol. The first-order valence-electron chi connectivity index (χ1n) is 8.79. The summed E-state index contributed by atoms with van der Waals surface area (Å²) in [6.45, 7) is 2.40. The quantitative estimate of drug-likeness (QED) is 0.726. The molecule has 2 atom stereocenters. The predicted octanol–water partition coefficient (Wildman–Crippen LogP) is 2.92. The zero-order valence-corrected chi connectivity index (χ0v) is 14.5. The second-order valence-electron chi connectivity index (χ2n) is 6.75. The lowest BCUT2D eigenvalue weighted by molar-refractivity contribution is 0.229. The second kappa shape index (κ2) is 8.12. The molecule has 2 amide bonds. The maximum atomic E-state index is 12.4. The van der Waals surface area contributed by atoms with E-state index < -0.39 is 0 Å². The van der Waals surface area contributed by atoms with E-state index in [2.05, 4.69) is 46.8 Å². The standard InChI is InChI=1S/C20H25N3O2/c1-14-4-6-15(7-5-14)19(16-8-9-16)23-20(25)22-12-18(13-24)17-3-2-10-21-11-17/h2-7,10-11,16,18-19,24H,8-9,12-13H2,1H3,(H2,22,23,25). The first-order valence-corrected chi connectivity index (χ1v) is 8.79. The van der Waals surface area contributed by atoms with Gasteiger partial charge in [-0.2, -0.15) is 0 Å². The van der Waals surface area contributed by atoms with Crippen molar-refractivity contribution >= 4 is 6.03 Å². The molecule has 1 aliphatic rings. The molecule has 0 saturated heterocycles. The van der Waals surface area contributed by atoms with Gasteiger partial charge in [-0.05, 0) is 42.9 Å². The summed E-state index contributed by atoms with van der Waals surface area (Å²) in [7, 11) is 0. The summed E-state index contributed by atoms with van der Waals surface area (Å²) >= 11 is 0. The molecule has 132 valence electrons. The molecule has 1 aliphatic carbocycles. The minimum Gasteiger partial charge on any atom is -0.396 e. The van der Waals surface area contributed by atoms with E-state index in [0.717, 1.165) is 24.0 Å². The van der Waals surface area contributed by atoms with Crippen molar-refractivity contribution in [3.05, 3.63) is 65.5 Å². The Morgan fingerprint density at radius 1 is 1.24 bits per heavy atom. The third kappa shape index (κ3) is 4.79. The fourth-order valence-corrected chi connectivity index (χ4v) is 2.99. The summed E-state index contributed by atoms with van der Waals surface area (Å²) in [5.74, 6) is 0.360. The zero-order valence-electron chi connectivity index (χ0n) is 14.5. The summed E-state index contributed by atoms with van der Waals surface area (Å²) in [5.41, 5.74) is 3.28. The van der Waals surface area contributed by atoms with E-state index in [1.165, 1.54) is 5.56 Å². The van der Waals surface area contributed by atoms with Crippen LogP contribution in [0.25, 0.3) is 0 Å². The Balaban J connectivity index is 1.57. The minimum absolute atomic E-state index is 0.0318. The number of carbonyl (C=O) groups excluding carboxylic acids is 1. The smallest absolute Gasteiger partial charge is 0.315 e. The number of nitrogens with zero attached hydrogens (tertiary/aromatic N) is 1. The fourth-order valence-electron chi connectivity index (χ4n) is 2.99. The summed E-state index contributed by atoms with van der Waals surface area (Å²) < 4.78 is 0. The lowest BCUT2D eigenvalue weighted by Gasteiger charge is -2.21. The predicted molar refractivity (Wildman–Crippen MR) is 97.2 cm³/mol. The Labute approximate surface area is 148 Å². The molecule has 25 heavy (non-hydrogen) atoms. The maximum absolute atomic E-state index is 12.4. The van der Waals surface area contributed by atoms with Crippen molar-refractivity contribution in [1.29, 1.82) is 0 Å². The molecule has 1 fully saturated rings. The van der Waals surface area contributed by atoms with Gasteiger partial charge >= 0.3 is 6.03 Å². The Hall–Kier alpha value is -2.40. The van der Waals surface area contributed by atoms with Crippen LogP contribution in [0, 0.1) is 12.8 Å². The van der Waals surface area contributed by atoms with Crippen LogP contribution in [0.3, 0.4) is 0 Å². The van der Waals surface area contributed by atoms with Crippen LogP contribution >= 0.6 is 0 Å². The molecule has 5 heteroatoms. The maximum Gasteiger partial charge on any atom is 0.315 e. The van der Waals surface area contributed by atoms with E-state index in [4.69, 9.17) is 0 Å². The molecule has 0 bridgehead atoms. The van der Waals surface area contributed by atoms with Crippen LogP contribution in [0.2, 0.25) is 0 Å². The number of aliphatic hydroxyl groups excluding tert-OH is 1. The monoisotopic (exact) mass is 339 g/mol. The summed E-state index contributed by atoms with van der Waals surface area (Å²) in [5, 5.41) is 15.6. The van der Waals surface area contributed by atoms with Gasteiger partial charge in [-0.15, -0.1) is 0 Å². The van der Waals surface area contributed by atoms with Crippen molar-refractivity contribution in [1.82, 2.24) is 15.6 Å². The average Bonchev–Trinajstić information content (AvgIpc) is 3.47. The van der Waals surface area contributed by atoms with E-state index in [0.29, 0.717) is 12.5 Å². The topological polar surface area (TPSA) is 74.2 Å². The number of hydrogen-bond acceptors (Lipinski definition) is 3. The molecule has 0 radical (unpaired) electrons. The largest absolute Gasteiger partial charge is 0.396 e. The van der Waals surface area contributed by atoms with Gasteiger partial charge in [0.2, 0.25) is 0 Å². The van der Waals surface area contributed by atoms with Gasteiger partial charge in [0.05, 0.1) is 12.6 Å². The molecule has 1 aromatic heterocycles. The van der Waals surface area contributed by atoms with E-state index in [-0.39, 0.29) is 24.6 Å². The normalized spacial score (nSPS) is 16.1. The Morgan fingerprint density at radius 3 is 2.60 bits per heavy atom. The van der Waals surface area contributed by atoms with Gasteiger partial charge in [0.25, 0.3) is 0 Å². The third-order valence-electron chi connectivity index (χ3n) is 4.70. The molecule has 0 spiro atoms. The molecular formula is C20H25N3O2. The highest BCUT2D eigenvalue weighted by molar-refractivity contribution is 5.74. The summed E-state index contributed by atoms with van der Waals surface area (Å²) in [6.07, 6.45) is 5.71. The van der Waals surface area contributed by atoms with Gasteiger partial charge in [-0.1, -0.05) is 35.9 Å². The van der Waals surface area contributed by atoms with Crippen LogP contribution in [-0.2, 0) is 0 Å². The Bertz CT molecular complexity index is 684. The molecule has 1 saturated carbocycles. The van der Waals surface area contributed by atoms with Crippen molar-refractivity contribution in [2.45, 2.75) is 31.7 Å². The van der Waals surface area contributed by atoms with E-state index >= 15 is 0 Å². The van der Waals surface area contributed by atoms with Crippen LogP contribution < -0.4 is 10.6 Å². The van der Waals surface area contributed by atoms with E-state index in [1.54, 1.807) is 12.4 Å². The fraction of sp³-hybridized carbons (Fsp3) is 0.400. The van der Waals surface area contributed by atoms with Crippen LogP contribution in [-0.4, -0.2) is 29.3 Å². The second-order valence-corrected chi connectivity index (χ2v) is 6.75. The zero-order chi connectivity index (χ0) is 17.6. The number of nitrogens with one attached hydrogen (secondary N) is 2. The van der Waals surface area contributed by atoms with Crippen LogP contribution in [0.15, 0.2) is 48.8 Å². The van der Waals surface area contributed by atoms with Crippen LogP contribution in [0.5, 0.6) is 0 Å². The number of amides is 2. The molecule has 3 rings (SSSR count). The van der Waals surface area contributed by atoms with Gasteiger partial charge < -0.3 is 15.7 Å². The highest BCUT2D eigenvalue weighted by Gasteiger charge is 2.33. The highest BCUT2D eigenvalue weighted by Crippen LogP contribution is 2.41. The van der Waals surface area contributed by atoms with Crippen molar-refractivity contribution in [3.63, 3.8) is 0 Å². The van der Waals surface area contributed by atoms with Gasteiger partial charge in [0.1, 0.15) is 0 Å². The molecule has 1 heterocycles. The van der Waals surface area contributed by atoms with Gasteiger partial charge in [0.15, 0.2) is 0 Å². The number of pyridine rings is 1. The van der Waals surface area contributed by atoms with Crippen molar-refractivity contribution in [2.75, 3.05) is 13.2 Å². The van der Waals surface area contributed by atoms with E-state index in [9.17, 15) is 9.90 Å². The third-order valence-corrected chi connectivity index (χ3v) is 4.70. The van der Waals surface area contributed by atoms with Crippen molar-refractivity contribution in [3.8, 4) is 0 Å². The molecule has 1 aromatic carbocycles. The van der Waals surface area contributed by atoms with E-state index in [1.807, 2.05) is 12.1 Å². The lowest BCUT2D eigenvalue weighted by Crippen LogP contribution is -2.40. The lowest BCUT2D eigenvalue weighted by atomic mass is 10.0. The van der Waals surface area contributed by atoms with Crippen LogP contribution in [0.1, 0.15) is 41.5 Å². The highest BCUT2D eigenvalue weighted by atomic mass is 16.3. The van der Waals surface area contributed by atoms with Gasteiger partial charge in [0, 0.05) is 24.9 Å². The molecule has 3 N–H and O–H groups in total.